The normalized spacial score (nSPS) is 13.3. The van der Waals surface area contributed by atoms with Crippen molar-refractivity contribution in [3.8, 4) is 0 Å². The van der Waals surface area contributed by atoms with Gasteiger partial charge in [-0.15, -0.1) is 0 Å². The van der Waals surface area contributed by atoms with Crippen molar-refractivity contribution in [3.63, 3.8) is 0 Å². The van der Waals surface area contributed by atoms with Gasteiger partial charge in [0.05, 0.1) is 15.9 Å². The maximum atomic E-state index is 13.0. The summed E-state index contributed by atoms with van der Waals surface area (Å²) in [7, 11) is -3.98. The summed E-state index contributed by atoms with van der Waals surface area (Å²) >= 11 is 4.70. The fourth-order valence-electron chi connectivity index (χ4n) is 1.24. The Bertz CT molecular complexity index is 561. The van der Waals surface area contributed by atoms with Crippen LogP contribution in [-0.2, 0) is 10.0 Å². The summed E-state index contributed by atoms with van der Waals surface area (Å²) in [6, 6.07) is 1.58. The molecule has 0 aliphatic heterocycles. The molecule has 0 aromatic heterocycles. The fourth-order valence-corrected chi connectivity index (χ4v) is 2.85. The summed E-state index contributed by atoms with van der Waals surface area (Å²) in [6.07, 6.45) is 0.359. The number of nitrogens with two attached hydrogens (primary N) is 1. The molecule has 1 unspecified atom stereocenters. The average Bonchev–Trinajstić information content (AvgIpc) is 2.29. The van der Waals surface area contributed by atoms with Crippen LogP contribution < -0.4 is 10.5 Å². The number of sulfonamides is 1. The molecule has 1 rings (SSSR count). The molecule has 0 amide bonds. The summed E-state index contributed by atoms with van der Waals surface area (Å²) in [5.41, 5.74) is 5.36. The Morgan fingerprint density at radius 3 is 2.50 bits per heavy atom. The molecule has 100 valence electrons. The highest BCUT2D eigenvalue weighted by Crippen LogP contribution is 2.14. The molecule has 1 aromatic carbocycles. The van der Waals surface area contributed by atoms with Gasteiger partial charge in [-0.3, -0.25) is 0 Å². The molecule has 4 nitrogen and oxygen atoms in total. The number of hydrogen-bond acceptors (Lipinski definition) is 3. The van der Waals surface area contributed by atoms with Crippen molar-refractivity contribution in [2.75, 3.05) is 0 Å². The monoisotopic (exact) mass is 294 g/mol. The molecule has 0 aliphatic rings. The van der Waals surface area contributed by atoms with E-state index in [0.717, 1.165) is 12.1 Å². The Balaban J connectivity index is 3.06. The lowest BCUT2D eigenvalue weighted by atomic mass is 10.2. The molecule has 1 atom stereocenters. The van der Waals surface area contributed by atoms with E-state index in [2.05, 4.69) is 4.72 Å². The second-order valence-corrected chi connectivity index (χ2v) is 5.75. The van der Waals surface area contributed by atoms with E-state index >= 15 is 0 Å². The zero-order chi connectivity index (χ0) is 13.9. The number of benzene rings is 1. The molecule has 0 aliphatic carbocycles. The van der Waals surface area contributed by atoms with E-state index in [-0.39, 0.29) is 9.88 Å². The van der Waals surface area contributed by atoms with Gasteiger partial charge in [-0.25, -0.2) is 21.9 Å². The summed E-state index contributed by atoms with van der Waals surface area (Å²) < 4.78 is 51.6. The molecule has 0 saturated carbocycles. The van der Waals surface area contributed by atoms with Gasteiger partial charge in [-0.1, -0.05) is 19.1 Å². The third-order valence-electron chi connectivity index (χ3n) is 2.25. The molecular formula is C10H12F2N2O2S2. The molecule has 0 bridgehead atoms. The fraction of sp³-hybridized carbons (Fsp3) is 0.300. The molecule has 0 heterocycles. The zero-order valence-corrected chi connectivity index (χ0v) is 11.1. The van der Waals surface area contributed by atoms with Crippen molar-refractivity contribution in [1.82, 2.24) is 4.72 Å². The Morgan fingerprint density at radius 2 is 2.06 bits per heavy atom. The van der Waals surface area contributed by atoms with Crippen molar-refractivity contribution in [2.45, 2.75) is 24.3 Å². The van der Waals surface area contributed by atoms with Crippen molar-refractivity contribution in [3.05, 3.63) is 29.8 Å². The van der Waals surface area contributed by atoms with Crippen molar-refractivity contribution in [1.29, 1.82) is 0 Å². The van der Waals surface area contributed by atoms with E-state index in [0.29, 0.717) is 12.5 Å². The summed E-state index contributed by atoms with van der Waals surface area (Å²) in [4.78, 5) is -0.389. The minimum Gasteiger partial charge on any atom is -0.392 e. The van der Waals surface area contributed by atoms with E-state index in [4.69, 9.17) is 18.0 Å². The van der Waals surface area contributed by atoms with Crippen LogP contribution >= 0.6 is 12.2 Å². The van der Waals surface area contributed by atoms with E-state index in [9.17, 15) is 17.2 Å². The predicted molar refractivity (Wildman–Crippen MR) is 67.5 cm³/mol. The first kappa shape index (κ1) is 14.9. The summed E-state index contributed by atoms with van der Waals surface area (Å²) in [6.45, 7) is 1.69. The minimum absolute atomic E-state index is 0.0105. The van der Waals surface area contributed by atoms with Crippen LogP contribution in [0.3, 0.4) is 0 Å². The number of nitrogens with one attached hydrogen (secondary N) is 1. The SMILES string of the molecule is CCC(NS(=O)(=O)c1ccc(F)c(F)c1)C(N)=S. The van der Waals surface area contributed by atoms with Gasteiger partial charge in [0.2, 0.25) is 10.0 Å². The van der Waals surface area contributed by atoms with E-state index < -0.39 is 27.7 Å². The molecule has 3 N–H and O–H groups in total. The first-order chi connectivity index (χ1) is 8.27. The molecule has 0 radical (unpaired) electrons. The second kappa shape index (κ2) is 5.68. The minimum atomic E-state index is -3.98. The highest BCUT2D eigenvalue weighted by Gasteiger charge is 2.21. The third-order valence-corrected chi connectivity index (χ3v) is 4.00. The maximum absolute atomic E-state index is 13.0. The average molecular weight is 294 g/mol. The van der Waals surface area contributed by atoms with Gasteiger partial charge in [0.15, 0.2) is 11.6 Å². The number of rotatable bonds is 5. The van der Waals surface area contributed by atoms with Crippen molar-refractivity contribution < 1.29 is 17.2 Å². The van der Waals surface area contributed by atoms with Gasteiger partial charge in [0.1, 0.15) is 0 Å². The van der Waals surface area contributed by atoms with Gasteiger partial charge in [0.25, 0.3) is 0 Å². The van der Waals surface area contributed by atoms with Crippen LogP contribution in [-0.4, -0.2) is 19.4 Å². The number of hydrogen-bond donors (Lipinski definition) is 2. The number of halogens is 2. The third kappa shape index (κ3) is 3.44. The molecule has 0 fully saturated rings. The molecule has 8 heteroatoms. The lowest BCUT2D eigenvalue weighted by Crippen LogP contribution is -2.42. The van der Waals surface area contributed by atoms with E-state index in [1.807, 2.05) is 0 Å². The van der Waals surface area contributed by atoms with E-state index in [1.165, 1.54) is 0 Å². The largest absolute Gasteiger partial charge is 0.392 e. The van der Waals surface area contributed by atoms with Gasteiger partial charge >= 0.3 is 0 Å². The summed E-state index contributed by atoms with van der Waals surface area (Å²) in [5.74, 6) is -2.35. The van der Waals surface area contributed by atoms with Crippen LogP contribution in [0, 0.1) is 11.6 Å². The molecule has 0 spiro atoms. The zero-order valence-electron chi connectivity index (χ0n) is 9.48. The second-order valence-electron chi connectivity index (χ2n) is 3.56. The lowest BCUT2D eigenvalue weighted by molar-refractivity contribution is 0.504. The Morgan fingerprint density at radius 1 is 1.44 bits per heavy atom. The smallest absolute Gasteiger partial charge is 0.241 e. The molecule has 0 saturated heterocycles. The molecule has 18 heavy (non-hydrogen) atoms. The van der Waals surface area contributed by atoms with Crippen LogP contribution in [0.25, 0.3) is 0 Å². The Kier molecular flexibility index (Phi) is 4.71. The van der Waals surface area contributed by atoms with Gasteiger partial charge < -0.3 is 5.73 Å². The number of thiocarbonyl (C=S) groups is 1. The highest BCUT2D eigenvalue weighted by atomic mass is 32.2. The standard InChI is InChI=1S/C10H12F2N2O2S2/c1-2-9(10(13)17)14-18(15,16)6-3-4-7(11)8(12)5-6/h3-5,9,14H,2H2,1H3,(H2,13,17). The van der Waals surface area contributed by atoms with Crippen LogP contribution in [0.2, 0.25) is 0 Å². The van der Waals surface area contributed by atoms with Crippen molar-refractivity contribution >= 4 is 27.2 Å². The van der Waals surface area contributed by atoms with Crippen LogP contribution in [0.1, 0.15) is 13.3 Å². The lowest BCUT2D eigenvalue weighted by Gasteiger charge is -2.15. The van der Waals surface area contributed by atoms with Crippen LogP contribution in [0.15, 0.2) is 23.1 Å². The van der Waals surface area contributed by atoms with Crippen LogP contribution in [0.5, 0.6) is 0 Å². The topological polar surface area (TPSA) is 72.2 Å². The molecule has 1 aromatic rings. The van der Waals surface area contributed by atoms with Gasteiger partial charge in [0, 0.05) is 0 Å². The first-order valence-corrected chi connectivity index (χ1v) is 6.93. The Labute approximate surface area is 109 Å². The first-order valence-electron chi connectivity index (χ1n) is 5.04. The quantitative estimate of drug-likeness (QED) is 0.803. The van der Waals surface area contributed by atoms with Crippen molar-refractivity contribution in [2.24, 2.45) is 5.73 Å². The predicted octanol–water partition coefficient (Wildman–Crippen LogP) is 1.31. The van der Waals surface area contributed by atoms with Gasteiger partial charge in [-0.2, -0.15) is 0 Å². The van der Waals surface area contributed by atoms with Crippen LogP contribution in [0.4, 0.5) is 8.78 Å². The molecular weight excluding hydrogens is 282 g/mol. The highest BCUT2D eigenvalue weighted by molar-refractivity contribution is 7.89. The summed E-state index contributed by atoms with van der Waals surface area (Å²) in [5, 5.41) is 0. The van der Waals surface area contributed by atoms with Gasteiger partial charge in [-0.05, 0) is 24.6 Å². The van der Waals surface area contributed by atoms with E-state index in [1.54, 1.807) is 6.92 Å². The Hall–Kier alpha value is -1.12. The maximum Gasteiger partial charge on any atom is 0.241 e.